The number of imidazole rings is 1. The molecule has 2 heterocycles. The number of aryl methyl sites for hydroxylation is 1. The largest absolute Gasteiger partial charge is 0.274 e. The molecule has 2 aromatic heterocycles. The van der Waals surface area contributed by atoms with Gasteiger partial charge in [0.15, 0.2) is 4.96 Å². The number of benzene rings is 2. The van der Waals surface area contributed by atoms with Crippen molar-refractivity contribution in [3.8, 4) is 0 Å². The maximum atomic E-state index is 13.0. The monoisotopic (exact) mass is 402 g/mol. The summed E-state index contributed by atoms with van der Waals surface area (Å²) in [7, 11) is 0. The molecule has 2 aromatic carbocycles. The molecule has 6 heteroatoms. The van der Waals surface area contributed by atoms with Crippen LogP contribution in [0.5, 0.6) is 0 Å². The Bertz CT molecular complexity index is 1210. The highest BCUT2D eigenvalue weighted by molar-refractivity contribution is 9.10. The Morgan fingerprint density at radius 3 is 2.67 bits per heavy atom. The molecule has 0 atom stereocenters. The van der Waals surface area contributed by atoms with E-state index in [0.29, 0.717) is 9.49 Å². The van der Waals surface area contributed by atoms with E-state index in [1.807, 2.05) is 19.9 Å². The number of hydrogen-bond donors (Lipinski definition) is 0. The van der Waals surface area contributed by atoms with Gasteiger partial charge in [-0.2, -0.15) is 0 Å². The molecule has 4 aromatic rings. The van der Waals surface area contributed by atoms with Crippen molar-refractivity contribution in [2.75, 3.05) is 0 Å². The van der Waals surface area contributed by atoms with Gasteiger partial charge in [-0.15, -0.1) is 0 Å². The molecule has 24 heavy (non-hydrogen) atoms. The van der Waals surface area contributed by atoms with Gasteiger partial charge in [0.2, 0.25) is 0 Å². The first kappa shape index (κ1) is 15.5. The van der Waals surface area contributed by atoms with Gasteiger partial charge in [0, 0.05) is 4.47 Å². The molecular formula is C18H12BrFN2OS. The molecule has 3 nitrogen and oxygen atoms in total. The van der Waals surface area contributed by atoms with Crippen molar-refractivity contribution in [1.82, 2.24) is 9.38 Å². The predicted molar refractivity (Wildman–Crippen MR) is 99.2 cm³/mol. The van der Waals surface area contributed by atoms with Crippen LogP contribution in [0.25, 0.3) is 22.1 Å². The zero-order valence-corrected chi connectivity index (χ0v) is 15.3. The Morgan fingerprint density at radius 1 is 1.25 bits per heavy atom. The maximum Gasteiger partial charge on any atom is 0.274 e. The highest BCUT2D eigenvalue weighted by Gasteiger charge is 2.15. The van der Waals surface area contributed by atoms with Crippen molar-refractivity contribution in [3.05, 3.63) is 72.2 Å². The molecule has 0 fully saturated rings. The third-order valence-electron chi connectivity index (χ3n) is 4.15. The second-order valence-electron chi connectivity index (χ2n) is 5.70. The van der Waals surface area contributed by atoms with Gasteiger partial charge in [-0.3, -0.25) is 4.79 Å². The molecule has 0 saturated heterocycles. The summed E-state index contributed by atoms with van der Waals surface area (Å²) >= 11 is 4.92. The standard InChI is InChI=1S/C18H12BrFN2OS/c1-9-7-13-16(15(19)10(9)2)21-18-22(13)17(23)14(24-18)8-11-3-5-12(20)6-4-11/h3-8H,1-2H3/b14-8+. The van der Waals surface area contributed by atoms with E-state index in [1.165, 1.54) is 23.5 Å². The molecule has 0 aliphatic rings. The minimum atomic E-state index is -0.294. The topological polar surface area (TPSA) is 34.4 Å². The van der Waals surface area contributed by atoms with Crippen LogP contribution in [0.3, 0.4) is 0 Å². The molecule has 4 rings (SSSR count). The molecule has 0 N–H and O–H groups in total. The fourth-order valence-electron chi connectivity index (χ4n) is 2.69. The summed E-state index contributed by atoms with van der Waals surface area (Å²) in [6.45, 7) is 4.04. The van der Waals surface area contributed by atoms with Gasteiger partial charge in [-0.1, -0.05) is 23.5 Å². The molecule has 0 radical (unpaired) electrons. The number of aromatic nitrogens is 2. The van der Waals surface area contributed by atoms with Crippen LogP contribution in [-0.2, 0) is 0 Å². The summed E-state index contributed by atoms with van der Waals surface area (Å²) in [6.07, 6.45) is 1.77. The zero-order chi connectivity index (χ0) is 17.0. The van der Waals surface area contributed by atoms with Gasteiger partial charge in [-0.05, 0) is 70.7 Å². The summed E-state index contributed by atoms with van der Waals surface area (Å²) in [4.78, 5) is 18.1. The van der Waals surface area contributed by atoms with Gasteiger partial charge < -0.3 is 0 Å². The molecule has 0 aliphatic heterocycles. The van der Waals surface area contributed by atoms with Crippen molar-refractivity contribution in [2.24, 2.45) is 0 Å². The average Bonchev–Trinajstić information content (AvgIpc) is 3.05. The second-order valence-corrected chi connectivity index (χ2v) is 7.50. The van der Waals surface area contributed by atoms with E-state index in [2.05, 4.69) is 20.9 Å². The minimum Gasteiger partial charge on any atom is -0.267 e. The second kappa shape index (κ2) is 5.50. The molecule has 0 unspecified atom stereocenters. The Hall–Kier alpha value is -2.05. The number of fused-ring (bicyclic) bond motifs is 3. The Labute approximate surface area is 149 Å². The number of hydrogen-bond acceptors (Lipinski definition) is 3. The molecular weight excluding hydrogens is 391 g/mol. The molecule has 0 aliphatic carbocycles. The van der Waals surface area contributed by atoms with E-state index in [1.54, 1.807) is 22.6 Å². The van der Waals surface area contributed by atoms with Crippen LogP contribution >= 0.6 is 27.3 Å². The highest BCUT2D eigenvalue weighted by atomic mass is 79.9. The molecule has 0 amide bonds. The van der Waals surface area contributed by atoms with Gasteiger partial charge >= 0.3 is 0 Å². The first-order valence-corrected chi connectivity index (χ1v) is 8.94. The highest BCUT2D eigenvalue weighted by Crippen LogP contribution is 2.30. The maximum absolute atomic E-state index is 13.0. The lowest BCUT2D eigenvalue weighted by Crippen LogP contribution is -2.22. The lowest BCUT2D eigenvalue weighted by Gasteiger charge is -2.03. The van der Waals surface area contributed by atoms with Crippen molar-refractivity contribution in [3.63, 3.8) is 0 Å². The third-order valence-corrected chi connectivity index (χ3v) is 6.09. The van der Waals surface area contributed by atoms with Crippen molar-refractivity contribution in [2.45, 2.75) is 13.8 Å². The van der Waals surface area contributed by atoms with E-state index in [-0.39, 0.29) is 11.4 Å². The zero-order valence-electron chi connectivity index (χ0n) is 12.9. The smallest absolute Gasteiger partial charge is 0.267 e. The summed E-state index contributed by atoms with van der Waals surface area (Å²) in [5.41, 5.74) is 4.52. The summed E-state index contributed by atoms with van der Waals surface area (Å²) in [6, 6.07) is 8.06. The Balaban J connectivity index is 2.03. The van der Waals surface area contributed by atoms with Crippen molar-refractivity contribution in [1.29, 1.82) is 0 Å². The first-order valence-electron chi connectivity index (χ1n) is 7.33. The predicted octanol–water partition coefficient (Wildman–Crippen LogP) is 3.98. The fraction of sp³-hybridized carbons (Fsp3) is 0.111. The van der Waals surface area contributed by atoms with Crippen LogP contribution in [0.1, 0.15) is 16.7 Å². The lowest BCUT2D eigenvalue weighted by molar-refractivity contribution is 0.628. The molecule has 0 bridgehead atoms. The van der Waals surface area contributed by atoms with Crippen LogP contribution in [0, 0.1) is 19.7 Å². The van der Waals surface area contributed by atoms with E-state index >= 15 is 0 Å². The Kier molecular flexibility index (Phi) is 3.54. The minimum absolute atomic E-state index is 0.100. The normalized spacial score (nSPS) is 12.6. The van der Waals surface area contributed by atoms with E-state index in [4.69, 9.17) is 0 Å². The number of nitrogens with zero attached hydrogens (tertiary/aromatic N) is 2. The quantitative estimate of drug-likeness (QED) is 0.482. The van der Waals surface area contributed by atoms with Crippen molar-refractivity contribution >= 4 is 49.3 Å². The van der Waals surface area contributed by atoms with Gasteiger partial charge in [0.1, 0.15) is 11.3 Å². The fourth-order valence-corrected chi connectivity index (χ4v) is 4.27. The molecule has 120 valence electrons. The number of thiazole rings is 1. The SMILES string of the molecule is Cc1cc2c(nc3s/c(=C/c4ccc(F)cc4)c(=O)n32)c(Br)c1C. The van der Waals surface area contributed by atoms with Crippen molar-refractivity contribution < 1.29 is 4.39 Å². The number of rotatable bonds is 1. The van der Waals surface area contributed by atoms with Crippen LogP contribution in [0.15, 0.2) is 39.6 Å². The van der Waals surface area contributed by atoms with Gasteiger partial charge in [-0.25, -0.2) is 13.8 Å². The van der Waals surface area contributed by atoms with Crippen LogP contribution in [0.4, 0.5) is 4.39 Å². The first-order chi connectivity index (χ1) is 11.5. The van der Waals surface area contributed by atoms with Crippen LogP contribution < -0.4 is 10.1 Å². The number of halogens is 2. The average molecular weight is 403 g/mol. The van der Waals surface area contributed by atoms with Gasteiger partial charge in [0.25, 0.3) is 5.56 Å². The third kappa shape index (κ3) is 2.29. The summed E-state index contributed by atoms with van der Waals surface area (Å²) in [5.74, 6) is -0.294. The molecule has 0 spiro atoms. The summed E-state index contributed by atoms with van der Waals surface area (Å²) < 4.78 is 16.2. The van der Waals surface area contributed by atoms with Gasteiger partial charge in [0.05, 0.1) is 10.0 Å². The lowest BCUT2D eigenvalue weighted by atomic mass is 10.1. The van der Waals surface area contributed by atoms with Crippen LogP contribution in [-0.4, -0.2) is 9.38 Å². The molecule has 0 saturated carbocycles. The van der Waals surface area contributed by atoms with E-state index < -0.39 is 0 Å². The van der Waals surface area contributed by atoms with Crippen LogP contribution in [0.2, 0.25) is 0 Å². The Morgan fingerprint density at radius 2 is 1.96 bits per heavy atom. The van der Waals surface area contributed by atoms with E-state index in [9.17, 15) is 9.18 Å². The van der Waals surface area contributed by atoms with E-state index in [0.717, 1.165) is 32.2 Å². The summed E-state index contributed by atoms with van der Waals surface area (Å²) in [5, 5.41) is 0.